The average Bonchev–Trinajstić information content (AvgIpc) is 3.38. The fraction of sp³-hybridized carbons (Fsp3) is 0.667. The number of fused-ring (bicyclic) bond motifs is 1. The second kappa shape index (κ2) is 7.26. The highest BCUT2D eigenvalue weighted by Gasteiger charge is 2.38. The van der Waals surface area contributed by atoms with Crippen LogP contribution in [0.15, 0.2) is 24.3 Å². The van der Waals surface area contributed by atoms with E-state index in [-0.39, 0.29) is 5.91 Å². The van der Waals surface area contributed by atoms with Gasteiger partial charge in [-0.05, 0) is 55.6 Å². The maximum Gasteiger partial charge on any atom is 0.234 e. The molecule has 0 radical (unpaired) electrons. The molecule has 0 saturated heterocycles. The van der Waals surface area contributed by atoms with Gasteiger partial charge in [-0.15, -0.1) is 0 Å². The molecular formula is C21H30N2O. The first-order chi connectivity index (χ1) is 11.8. The SMILES string of the molecule is O=C(CN(C1CC1)C1CCc2ccccc21)NCC1CCCCC1. The third-order valence-electron chi connectivity index (χ3n) is 6.16. The minimum absolute atomic E-state index is 0.233. The average molecular weight is 326 g/mol. The van der Waals surface area contributed by atoms with Gasteiger partial charge < -0.3 is 5.32 Å². The molecule has 24 heavy (non-hydrogen) atoms. The number of hydrogen-bond donors (Lipinski definition) is 1. The summed E-state index contributed by atoms with van der Waals surface area (Å²) < 4.78 is 0. The van der Waals surface area contributed by atoms with Crippen LogP contribution in [-0.2, 0) is 11.2 Å². The Kier molecular flexibility index (Phi) is 4.88. The van der Waals surface area contributed by atoms with Gasteiger partial charge in [0.15, 0.2) is 0 Å². The summed E-state index contributed by atoms with van der Waals surface area (Å²) in [5.74, 6) is 0.945. The van der Waals surface area contributed by atoms with Crippen molar-refractivity contribution in [2.24, 2.45) is 5.92 Å². The molecule has 0 spiro atoms. The van der Waals surface area contributed by atoms with Crippen molar-refractivity contribution in [3.63, 3.8) is 0 Å². The molecule has 0 aliphatic heterocycles. The van der Waals surface area contributed by atoms with E-state index in [0.717, 1.165) is 13.0 Å². The standard InChI is InChI=1S/C21H30N2O/c24-21(22-14-16-6-2-1-3-7-16)15-23(18-11-12-18)20-13-10-17-8-4-5-9-19(17)20/h4-5,8-9,16,18,20H,1-3,6-7,10-15H2,(H,22,24). The number of nitrogens with one attached hydrogen (secondary N) is 1. The predicted molar refractivity (Wildman–Crippen MR) is 96.8 cm³/mol. The number of benzene rings is 1. The van der Waals surface area contributed by atoms with Gasteiger partial charge in [-0.3, -0.25) is 9.69 Å². The quantitative estimate of drug-likeness (QED) is 0.861. The third kappa shape index (κ3) is 3.66. The highest BCUT2D eigenvalue weighted by Crippen LogP contribution is 2.41. The normalized spacial score (nSPS) is 24.1. The van der Waals surface area contributed by atoms with Gasteiger partial charge in [-0.25, -0.2) is 0 Å². The zero-order valence-corrected chi connectivity index (χ0v) is 14.7. The molecule has 130 valence electrons. The van der Waals surface area contributed by atoms with Gasteiger partial charge >= 0.3 is 0 Å². The highest BCUT2D eigenvalue weighted by atomic mass is 16.2. The predicted octanol–water partition coefficient (Wildman–Crippen LogP) is 3.83. The molecule has 3 heteroatoms. The Morgan fingerprint density at radius 1 is 1.04 bits per heavy atom. The first-order valence-electron chi connectivity index (χ1n) is 9.91. The second-order valence-corrected chi connectivity index (χ2v) is 7.96. The Morgan fingerprint density at radius 3 is 2.62 bits per heavy atom. The van der Waals surface area contributed by atoms with E-state index in [1.807, 2.05) is 0 Å². The molecule has 1 unspecified atom stereocenters. The molecule has 3 aliphatic rings. The Labute approximate surface area is 145 Å². The molecule has 1 amide bonds. The summed E-state index contributed by atoms with van der Waals surface area (Å²) in [4.78, 5) is 15.0. The summed E-state index contributed by atoms with van der Waals surface area (Å²) in [7, 11) is 0. The molecular weight excluding hydrogens is 296 g/mol. The first-order valence-corrected chi connectivity index (χ1v) is 9.91. The van der Waals surface area contributed by atoms with Crippen molar-refractivity contribution in [3.05, 3.63) is 35.4 Å². The molecule has 2 saturated carbocycles. The van der Waals surface area contributed by atoms with Crippen LogP contribution in [0.1, 0.15) is 68.5 Å². The van der Waals surface area contributed by atoms with E-state index in [1.54, 1.807) is 0 Å². The molecule has 1 N–H and O–H groups in total. The highest BCUT2D eigenvalue weighted by molar-refractivity contribution is 5.78. The van der Waals surface area contributed by atoms with Gasteiger partial charge in [0, 0.05) is 18.6 Å². The maximum absolute atomic E-state index is 12.5. The fourth-order valence-electron chi connectivity index (χ4n) is 4.65. The van der Waals surface area contributed by atoms with Crippen LogP contribution in [0, 0.1) is 5.92 Å². The molecule has 3 aliphatic carbocycles. The van der Waals surface area contributed by atoms with Gasteiger partial charge in [-0.2, -0.15) is 0 Å². The van der Waals surface area contributed by atoms with Crippen LogP contribution in [-0.4, -0.2) is 29.9 Å². The molecule has 1 atom stereocenters. The van der Waals surface area contributed by atoms with Gasteiger partial charge in [0.2, 0.25) is 5.91 Å². The number of amides is 1. The van der Waals surface area contributed by atoms with Gasteiger partial charge in [0.05, 0.1) is 6.54 Å². The fourth-order valence-corrected chi connectivity index (χ4v) is 4.65. The molecule has 0 aromatic heterocycles. The van der Waals surface area contributed by atoms with Crippen LogP contribution >= 0.6 is 0 Å². The molecule has 1 aromatic rings. The van der Waals surface area contributed by atoms with Gasteiger partial charge in [0.1, 0.15) is 0 Å². The van der Waals surface area contributed by atoms with Crippen molar-refractivity contribution in [2.45, 2.75) is 69.9 Å². The minimum atomic E-state index is 0.233. The lowest BCUT2D eigenvalue weighted by Gasteiger charge is -2.29. The molecule has 0 heterocycles. The Hall–Kier alpha value is -1.35. The van der Waals surface area contributed by atoms with Crippen LogP contribution in [0.25, 0.3) is 0 Å². The Balaban J connectivity index is 1.35. The minimum Gasteiger partial charge on any atom is -0.355 e. The number of nitrogens with zero attached hydrogens (tertiary/aromatic N) is 1. The first kappa shape index (κ1) is 16.1. The third-order valence-corrected chi connectivity index (χ3v) is 6.16. The van der Waals surface area contributed by atoms with E-state index >= 15 is 0 Å². The zero-order valence-electron chi connectivity index (χ0n) is 14.7. The van der Waals surface area contributed by atoms with E-state index in [1.165, 1.54) is 62.5 Å². The smallest absolute Gasteiger partial charge is 0.234 e. The summed E-state index contributed by atoms with van der Waals surface area (Å²) in [6, 6.07) is 9.88. The number of carbonyl (C=O) groups is 1. The second-order valence-electron chi connectivity index (χ2n) is 7.96. The van der Waals surface area contributed by atoms with E-state index in [4.69, 9.17) is 0 Å². The lowest BCUT2D eigenvalue weighted by atomic mass is 9.89. The van der Waals surface area contributed by atoms with E-state index in [2.05, 4.69) is 34.5 Å². The summed E-state index contributed by atoms with van der Waals surface area (Å²) in [6.45, 7) is 1.47. The summed E-state index contributed by atoms with van der Waals surface area (Å²) in [5, 5.41) is 3.23. The van der Waals surface area contributed by atoms with Crippen LogP contribution in [0.5, 0.6) is 0 Å². The number of hydrogen-bond acceptors (Lipinski definition) is 2. The number of rotatable bonds is 6. The number of carbonyl (C=O) groups excluding carboxylic acids is 1. The van der Waals surface area contributed by atoms with Crippen molar-refractivity contribution in [2.75, 3.05) is 13.1 Å². The summed E-state index contributed by atoms with van der Waals surface area (Å²) in [6.07, 6.45) is 11.5. The van der Waals surface area contributed by atoms with Gasteiger partial charge in [-0.1, -0.05) is 43.5 Å². The molecule has 1 aromatic carbocycles. The van der Waals surface area contributed by atoms with Crippen molar-refractivity contribution in [3.8, 4) is 0 Å². The Bertz CT molecular complexity index is 575. The molecule has 3 nitrogen and oxygen atoms in total. The van der Waals surface area contributed by atoms with Crippen molar-refractivity contribution < 1.29 is 4.79 Å². The summed E-state index contributed by atoms with van der Waals surface area (Å²) in [5.41, 5.74) is 2.94. The van der Waals surface area contributed by atoms with Crippen LogP contribution in [0.2, 0.25) is 0 Å². The Morgan fingerprint density at radius 2 is 1.83 bits per heavy atom. The van der Waals surface area contributed by atoms with Gasteiger partial charge in [0.25, 0.3) is 0 Å². The molecule has 2 fully saturated rings. The topological polar surface area (TPSA) is 32.3 Å². The van der Waals surface area contributed by atoms with Crippen molar-refractivity contribution in [1.29, 1.82) is 0 Å². The van der Waals surface area contributed by atoms with E-state index < -0.39 is 0 Å². The van der Waals surface area contributed by atoms with Crippen LogP contribution < -0.4 is 5.32 Å². The van der Waals surface area contributed by atoms with Crippen LogP contribution in [0.4, 0.5) is 0 Å². The largest absolute Gasteiger partial charge is 0.355 e. The lowest BCUT2D eigenvalue weighted by Crippen LogP contribution is -2.41. The summed E-state index contributed by atoms with van der Waals surface area (Å²) >= 11 is 0. The van der Waals surface area contributed by atoms with Crippen LogP contribution in [0.3, 0.4) is 0 Å². The maximum atomic E-state index is 12.5. The molecule has 4 rings (SSSR count). The molecule has 0 bridgehead atoms. The van der Waals surface area contributed by atoms with E-state index in [0.29, 0.717) is 24.5 Å². The monoisotopic (exact) mass is 326 g/mol. The lowest BCUT2D eigenvalue weighted by molar-refractivity contribution is -0.123. The number of aryl methyl sites for hydroxylation is 1. The van der Waals surface area contributed by atoms with Crippen molar-refractivity contribution in [1.82, 2.24) is 10.2 Å². The van der Waals surface area contributed by atoms with E-state index in [9.17, 15) is 4.79 Å². The zero-order chi connectivity index (χ0) is 16.4. The van der Waals surface area contributed by atoms with Crippen molar-refractivity contribution >= 4 is 5.91 Å².